The number of benzene rings is 1. The molecule has 0 radical (unpaired) electrons. The zero-order chi connectivity index (χ0) is 18.4. The van der Waals surface area contributed by atoms with E-state index < -0.39 is 4.92 Å². The van der Waals surface area contributed by atoms with Crippen molar-refractivity contribution in [1.82, 2.24) is 5.32 Å². The molecule has 0 aromatic heterocycles. The van der Waals surface area contributed by atoms with Crippen molar-refractivity contribution in [2.45, 2.75) is 33.1 Å². The molecule has 1 saturated heterocycles. The van der Waals surface area contributed by atoms with E-state index in [0.29, 0.717) is 36.2 Å². The molecule has 0 aliphatic carbocycles. The molecule has 0 saturated carbocycles. The van der Waals surface area contributed by atoms with E-state index in [1.165, 1.54) is 6.07 Å². The van der Waals surface area contributed by atoms with Gasteiger partial charge < -0.3 is 16.0 Å². The molecule has 0 bridgehead atoms. The molecular weight excluding hydrogens is 356 g/mol. The normalized spacial score (nSPS) is 19.6. The molecular formula is C18H29ClN4O3. The maximum absolute atomic E-state index is 12.2. The number of nitro groups is 1. The minimum atomic E-state index is -0.398. The molecule has 146 valence electrons. The number of nitrogens with two attached hydrogens (primary N) is 1. The number of piperidine rings is 1. The van der Waals surface area contributed by atoms with E-state index in [1.807, 2.05) is 0 Å². The van der Waals surface area contributed by atoms with Crippen LogP contribution in [0.4, 0.5) is 11.4 Å². The Morgan fingerprint density at radius 3 is 2.54 bits per heavy atom. The molecule has 7 nitrogen and oxygen atoms in total. The van der Waals surface area contributed by atoms with Crippen LogP contribution in [0.2, 0.25) is 0 Å². The van der Waals surface area contributed by atoms with Gasteiger partial charge in [0.1, 0.15) is 5.69 Å². The second-order valence-corrected chi connectivity index (χ2v) is 7.06. The summed E-state index contributed by atoms with van der Waals surface area (Å²) in [6.45, 7) is 7.04. The summed E-state index contributed by atoms with van der Waals surface area (Å²) < 4.78 is 0. The summed E-state index contributed by atoms with van der Waals surface area (Å²) in [5.74, 6) is 0.704. The van der Waals surface area contributed by atoms with Crippen molar-refractivity contribution >= 4 is 29.7 Å². The van der Waals surface area contributed by atoms with Crippen LogP contribution >= 0.6 is 12.4 Å². The maximum Gasteiger partial charge on any atom is 0.293 e. The van der Waals surface area contributed by atoms with Crippen LogP contribution in [0.3, 0.4) is 0 Å². The van der Waals surface area contributed by atoms with Crippen molar-refractivity contribution in [3.05, 3.63) is 33.9 Å². The van der Waals surface area contributed by atoms with E-state index in [0.717, 1.165) is 32.4 Å². The maximum atomic E-state index is 12.2. The first-order valence-electron chi connectivity index (χ1n) is 8.94. The number of halogens is 1. The van der Waals surface area contributed by atoms with Crippen LogP contribution in [0.15, 0.2) is 18.2 Å². The molecule has 1 aliphatic heterocycles. The molecule has 1 heterocycles. The standard InChI is InChI=1S/C18H28N4O3.ClH/c1-13-9-14(2)12-21(11-13)16-6-5-15(10-17(16)22(24)25)18(23)20-8-4-3-7-19;/h5-6,10,13-14H,3-4,7-9,11-12,19H2,1-2H3,(H,20,23);1H. The number of unbranched alkanes of at least 4 members (excludes halogenated alkanes) is 1. The molecule has 1 aromatic rings. The molecule has 3 N–H and O–H groups in total. The summed E-state index contributed by atoms with van der Waals surface area (Å²) in [7, 11) is 0. The molecule has 1 aliphatic rings. The topological polar surface area (TPSA) is 102 Å². The average molecular weight is 385 g/mol. The molecule has 1 amide bonds. The van der Waals surface area contributed by atoms with Crippen molar-refractivity contribution in [1.29, 1.82) is 0 Å². The van der Waals surface area contributed by atoms with Crippen molar-refractivity contribution in [2.75, 3.05) is 31.1 Å². The number of hydrogen-bond donors (Lipinski definition) is 2. The number of carbonyl (C=O) groups excluding carboxylic acids is 1. The minimum absolute atomic E-state index is 0. The summed E-state index contributed by atoms with van der Waals surface area (Å²) in [5.41, 5.74) is 6.34. The predicted octanol–water partition coefficient (Wildman–Crippen LogP) is 2.97. The van der Waals surface area contributed by atoms with Crippen LogP contribution in [0.5, 0.6) is 0 Å². The van der Waals surface area contributed by atoms with E-state index >= 15 is 0 Å². The van der Waals surface area contributed by atoms with Gasteiger partial charge in [-0.1, -0.05) is 13.8 Å². The van der Waals surface area contributed by atoms with Crippen LogP contribution < -0.4 is 16.0 Å². The molecule has 2 atom stereocenters. The highest BCUT2D eigenvalue weighted by atomic mass is 35.5. The highest BCUT2D eigenvalue weighted by Gasteiger charge is 2.27. The van der Waals surface area contributed by atoms with Crippen molar-refractivity contribution < 1.29 is 9.72 Å². The van der Waals surface area contributed by atoms with Gasteiger partial charge in [0.05, 0.1) is 4.92 Å². The first-order chi connectivity index (χ1) is 11.9. The molecule has 2 rings (SSSR count). The van der Waals surface area contributed by atoms with Gasteiger partial charge >= 0.3 is 0 Å². The third kappa shape index (κ3) is 5.85. The van der Waals surface area contributed by atoms with Gasteiger partial charge in [-0.15, -0.1) is 12.4 Å². The lowest BCUT2D eigenvalue weighted by molar-refractivity contribution is -0.384. The molecule has 1 fully saturated rings. The molecule has 2 unspecified atom stereocenters. The largest absolute Gasteiger partial charge is 0.365 e. The zero-order valence-electron chi connectivity index (χ0n) is 15.4. The van der Waals surface area contributed by atoms with Crippen LogP contribution in [0, 0.1) is 22.0 Å². The number of hydrogen-bond acceptors (Lipinski definition) is 5. The zero-order valence-corrected chi connectivity index (χ0v) is 16.3. The highest BCUT2D eigenvalue weighted by molar-refractivity contribution is 5.95. The first-order valence-corrected chi connectivity index (χ1v) is 8.94. The fourth-order valence-corrected chi connectivity index (χ4v) is 3.51. The Morgan fingerprint density at radius 1 is 1.31 bits per heavy atom. The van der Waals surface area contributed by atoms with Crippen molar-refractivity contribution in [3.63, 3.8) is 0 Å². The molecule has 0 spiro atoms. The lowest BCUT2D eigenvalue weighted by Crippen LogP contribution is -2.39. The van der Waals surface area contributed by atoms with Gasteiger partial charge in [-0.05, 0) is 49.8 Å². The second-order valence-electron chi connectivity index (χ2n) is 7.06. The van der Waals surface area contributed by atoms with Crippen LogP contribution in [0.25, 0.3) is 0 Å². The monoisotopic (exact) mass is 384 g/mol. The van der Waals surface area contributed by atoms with Crippen molar-refractivity contribution in [2.24, 2.45) is 17.6 Å². The Bertz CT molecular complexity index is 616. The first kappa shape index (κ1) is 22.2. The van der Waals surface area contributed by atoms with E-state index in [1.54, 1.807) is 12.1 Å². The Labute approximate surface area is 160 Å². The van der Waals surface area contributed by atoms with Gasteiger partial charge in [0.2, 0.25) is 0 Å². The fraction of sp³-hybridized carbons (Fsp3) is 0.611. The van der Waals surface area contributed by atoms with E-state index in [4.69, 9.17) is 5.73 Å². The predicted molar refractivity (Wildman–Crippen MR) is 106 cm³/mol. The van der Waals surface area contributed by atoms with Crippen molar-refractivity contribution in [3.8, 4) is 0 Å². The summed E-state index contributed by atoms with van der Waals surface area (Å²) in [5, 5.41) is 14.3. The smallest absolute Gasteiger partial charge is 0.293 e. The third-order valence-electron chi connectivity index (χ3n) is 4.56. The van der Waals surface area contributed by atoms with Crippen LogP contribution in [-0.2, 0) is 0 Å². The number of carbonyl (C=O) groups is 1. The number of amides is 1. The Morgan fingerprint density at radius 2 is 1.96 bits per heavy atom. The van der Waals surface area contributed by atoms with E-state index in [9.17, 15) is 14.9 Å². The lowest BCUT2D eigenvalue weighted by Gasteiger charge is -2.36. The second kappa shape index (κ2) is 10.3. The van der Waals surface area contributed by atoms with Crippen LogP contribution in [-0.4, -0.2) is 37.0 Å². The molecule has 1 aromatic carbocycles. The fourth-order valence-electron chi connectivity index (χ4n) is 3.51. The van der Waals surface area contributed by atoms with Gasteiger partial charge in [-0.3, -0.25) is 14.9 Å². The summed E-state index contributed by atoms with van der Waals surface area (Å²) in [6, 6.07) is 4.76. The summed E-state index contributed by atoms with van der Waals surface area (Å²) in [6.07, 6.45) is 2.77. The van der Waals surface area contributed by atoms with Gasteiger partial charge in [-0.25, -0.2) is 0 Å². The van der Waals surface area contributed by atoms with E-state index in [2.05, 4.69) is 24.1 Å². The van der Waals surface area contributed by atoms with E-state index in [-0.39, 0.29) is 24.0 Å². The SMILES string of the molecule is CC1CC(C)CN(c2ccc(C(=O)NCCCCN)cc2[N+](=O)[O-])C1.Cl. The lowest BCUT2D eigenvalue weighted by atomic mass is 9.91. The van der Waals surface area contributed by atoms with Crippen LogP contribution in [0.1, 0.15) is 43.5 Å². The third-order valence-corrected chi connectivity index (χ3v) is 4.56. The quantitative estimate of drug-likeness (QED) is 0.427. The van der Waals surface area contributed by atoms with Gasteiger partial charge in [-0.2, -0.15) is 0 Å². The summed E-state index contributed by atoms with van der Waals surface area (Å²) >= 11 is 0. The van der Waals surface area contributed by atoms with Gasteiger partial charge in [0, 0.05) is 31.3 Å². The van der Waals surface area contributed by atoms with Gasteiger partial charge in [0.25, 0.3) is 11.6 Å². The number of rotatable bonds is 7. The Balaban J connectivity index is 0.00000338. The molecule has 26 heavy (non-hydrogen) atoms. The number of nitrogens with zero attached hydrogens (tertiary/aromatic N) is 2. The summed E-state index contributed by atoms with van der Waals surface area (Å²) in [4.78, 5) is 25.4. The minimum Gasteiger partial charge on any atom is -0.365 e. The number of nitrogens with one attached hydrogen (secondary N) is 1. The highest BCUT2D eigenvalue weighted by Crippen LogP contribution is 2.33. The average Bonchev–Trinajstić information content (AvgIpc) is 2.57. The number of anilines is 1. The van der Waals surface area contributed by atoms with Gasteiger partial charge in [0.15, 0.2) is 0 Å². The molecule has 8 heteroatoms. The Kier molecular flexibility index (Phi) is 8.81. The Hall–Kier alpha value is -1.86. The number of nitro benzene ring substituents is 1.